The van der Waals surface area contributed by atoms with Gasteiger partial charge in [0.15, 0.2) is 5.96 Å². The zero-order valence-electron chi connectivity index (χ0n) is 18.6. The minimum Gasteiger partial charge on any atom is -0.497 e. The normalized spacial score (nSPS) is 11.2. The zero-order chi connectivity index (χ0) is 22.9. The molecule has 1 aromatic carbocycles. The van der Waals surface area contributed by atoms with Crippen molar-refractivity contribution in [3.05, 3.63) is 65.9 Å². The van der Waals surface area contributed by atoms with E-state index in [9.17, 15) is 8.78 Å². The van der Waals surface area contributed by atoms with E-state index in [1.54, 1.807) is 24.5 Å². The first-order valence-electron chi connectivity index (χ1n) is 10.1. The quantitative estimate of drug-likeness (QED) is 0.229. The number of hydrogen-bond donors (Lipinski definition) is 2. The highest BCUT2D eigenvalue weighted by Gasteiger charge is 2.12. The molecule has 0 bridgehead atoms. The molecule has 33 heavy (non-hydrogen) atoms. The van der Waals surface area contributed by atoms with Gasteiger partial charge in [-0.25, -0.2) is 15.0 Å². The number of methoxy groups -OCH3 is 1. The lowest BCUT2D eigenvalue weighted by Crippen LogP contribution is -2.36. The van der Waals surface area contributed by atoms with E-state index in [1.807, 2.05) is 36.7 Å². The molecule has 11 heteroatoms. The Hall–Kier alpha value is -2.96. The maximum Gasteiger partial charge on any atom is 0.387 e. The molecule has 3 rings (SSSR count). The van der Waals surface area contributed by atoms with Crippen molar-refractivity contribution < 1.29 is 18.3 Å². The Labute approximate surface area is 208 Å². The molecule has 0 aliphatic carbocycles. The highest BCUT2D eigenvalue weighted by atomic mass is 127. The zero-order valence-corrected chi connectivity index (χ0v) is 20.9. The fourth-order valence-corrected chi connectivity index (χ4v) is 3.00. The molecule has 0 fully saturated rings. The van der Waals surface area contributed by atoms with Crippen molar-refractivity contribution in [2.45, 2.75) is 33.5 Å². The maximum absolute atomic E-state index is 12.7. The number of aliphatic imine (C=N–C) groups is 1. The number of nitrogens with one attached hydrogen (secondary N) is 2. The number of alkyl halides is 2. The van der Waals surface area contributed by atoms with Gasteiger partial charge in [-0.05, 0) is 43.7 Å². The predicted molar refractivity (Wildman–Crippen MR) is 133 cm³/mol. The largest absolute Gasteiger partial charge is 0.497 e. The Bertz CT molecular complexity index is 1040. The first-order chi connectivity index (χ1) is 15.5. The molecular formula is C22H27F2IN6O2. The summed E-state index contributed by atoms with van der Waals surface area (Å²) in [6.07, 6.45) is 5.34. The van der Waals surface area contributed by atoms with Crippen LogP contribution in [0.5, 0.6) is 11.5 Å². The van der Waals surface area contributed by atoms with E-state index >= 15 is 0 Å². The number of ether oxygens (including phenoxy) is 2. The van der Waals surface area contributed by atoms with Gasteiger partial charge in [-0.15, -0.1) is 24.0 Å². The third kappa shape index (κ3) is 7.55. The van der Waals surface area contributed by atoms with Crippen LogP contribution in [0.25, 0.3) is 5.82 Å². The Morgan fingerprint density at radius 1 is 1.18 bits per heavy atom. The van der Waals surface area contributed by atoms with Crippen molar-refractivity contribution in [2.75, 3.05) is 13.7 Å². The first kappa shape index (κ1) is 26.3. The van der Waals surface area contributed by atoms with Gasteiger partial charge in [0.05, 0.1) is 13.7 Å². The molecule has 2 aromatic heterocycles. The molecule has 0 amide bonds. The summed E-state index contributed by atoms with van der Waals surface area (Å²) < 4.78 is 37.2. The van der Waals surface area contributed by atoms with Crippen LogP contribution in [0.2, 0.25) is 0 Å². The molecule has 8 nitrogen and oxygen atoms in total. The van der Waals surface area contributed by atoms with Gasteiger partial charge in [-0.1, -0.05) is 6.07 Å². The molecular weight excluding hydrogens is 545 g/mol. The van der Waals surface area contributed by atoms with Gasteiger partial charge in [-0.2, -0.15) is 8.78 Å². The Kier molecular flexibility index (Phi) is 10.3. The number of guanidine groups is 1. The highest BCUT2D eigenvalue weighted by molar-refractivity contribution is 14.0. The first-order valence-corrected chi connectivity index (χ1v) is 10.1. The fraction of sp³-hybridized carbons (Fsp3) is 0.318. The fourth-order valence-electron chi connectivity index (χ4n) is 3.00. The molecule has 2 N–H and O–H groups in total. The minimum atomic E-state index is -2.91. The number of hydrogen-bond acceptors (Lipinski definition) is 5. The average Bonchev–Trinajstić information content (AvgIpc) is 3.22. The van der Waals surface area contributed by atoms with Gasteiger partial charge < -0.3 is 20.1 Å². The number of aromatic nitrogens is 3. The molecule has 2 heterocycles. The number of pyridine rings is 1. The topological polar surface area (TPSA) is 85.6 Å². The summed E-state index contributed by atoms with van der Waals surface area (Å²) in [6.45, 7) is 2.20. The number of halogens is 3. The second-order valence-electron chi connectivity index (χ2n) is 6.77. The molecule has 0 spiro atoms. The van der Waals surface area contributed by atoms with Crippen LogP contribution in [-0.4, -0.2) is 40.8 Å². The van der Waals surface area contributed by atoms with Gasteiger partial charge in [0.25, 0.3) is 0 Å². The summed E-state index contributed by atoms with van der Waals surface area (Å²) in [5.74, 6) is 2.80. The van der Waals surface area contributed by atoms with Crippen LogP contribution in [0.1, 0.15) is 23.9 Å². The number of rotatable bonds is 9. The monoisotopic (exact) mass is 572 g/mol. The van der Waals surface area contributed by atoms with E-state index in [-0.39, 0.29) is 36.3 Å². The van der Waals surface area contributed by atoms with Gasteiger partial charge in [-0.3, -0.25) is 4.57 Å². The van der Waals surface area contributed by atoms with Crippen LogP contribution < -0.4 is 20.1 Å². The van der Waals surface area contributed by atoms with E-state index in [4.69, 9.17) is 4.74 Å². The molecule has 0 saturated heterocycles. The molecule has 0 radical (unpaired) electrons. The Balaban J connectivity index is 0.00000385. The Morgan fingerprint density at radius 2 is 2.00 bits per heavy atom. The molecule has 0 saturated carbocycles. The second-order valence-corrected chi connectivity index (χ2v) is 6.77. The van der Waals surface area contributed by atoms with Crippen LogP contribution in [0.15, 0.2) is 53.9 Å². The maximum atomic E-state index is 12.7. The summed E-state index contributed by atoms with van der Waals surface area (Å²) in [4.78, 5) is 13.2. The van der Waals surface area contributed by atoms with Crippen molar-refractivity contribution in [3.8, 4) is 17.3 Å². The lowest BCUT2D eigenvalue weighted by Gasteiger charge is -2.15. The molecule has 0 aliphatic heterocycles. The third-order valence-corrected chi connectivity index (χ3v) is 4.58. The summed E-state index contributed by atoms with van der Waals surface area (Å²) in [6, 6.07) is 8.54. The van der Waals surface area contributed by atoms with Crippen molar-refractivity contribution in [1.29, 1.82) is 0 Å². The summed E-state index contributed by atoms with van der Waals surface area (Å²) in [5, 5.41) is 6.28. The minimum absolute atomic E-state index is 0. The molecule has 178 valence electrons. The molecule has 0 atom stereocenters. The van der Waals surface area contributed by atoms with Crippen molar-refractivity contribution in [3.63, 3.8) is 0 Å². The van der Waals surface area contributed by atoms with Crippen molar-refractivity contribution in [2.24, 2.45) is 4.99 Å². The highest BCUT2D eigenvalue weighted by Crippen LogP contribution is 2.25. The van der Waals surface area contributed by atoms with E-state index in [2.05, 4.69) is 30.3 Å². The van der Waals surface area contributed by atoms with E-state index in [1.165, 1.54) is 13.2 Å². The Morgan fingerprint density at radius 3 is 2.61 bits per heavy atom. The van der Waals surface area contributed by atoms with Crippen LogP contribution in [-0.2, 0) is 13.1 Å². The summed E-state index contributed by atoms with van der Waals surface area (Å²) in [5.41, 5.74) is 1.45. The van der Waals surface area contributed by atoms with Gasteiger partial charge in [0.2, 0.25) is 0 Å². The molecule has 0 unspecified atom stereocenters. The van der Waals surface area contributed by atoms with Crippen LogP contribution in [0, 0.1) is 6.92 Å². The van der Waals surface area contributed by atoms with Gasteiger partial charge in [0.1, 0.15) is 23.1 Å². The predicted octanol–water partition coefficient (Wildman–Crippen LogP) is 4.06. The lowest BCUT2D eigenvalue weighted by atomic mass is 10.2. The number of nitrogens with zero attached hydrogens (tertiary/aromatic N) is 4. The van der Waals surface area contributed by atoms with Gasteiger partial charge >= 0.3 is 6.61 Å². The average molecular weight is 572 g/mol. The van der Waals surface area contributed by atoms with E-state index in [0.717, 1.165) is 17.2 Å². The van der Waals surface area contributed by atoms with Crippen LogP contribution in [0.3, 0.4) is 0 Å². The lowest BCUT2D eigenvalue weighted by molar-refractivity contribution is -0.0505. The number of imidazole rings is 1. The van der Waals surface area contributed by atoms with Gasteiger partial charge in [0, 0.05) is 37.2 Å². The van der Waals surface area contributed by atoms with Crippen molar-refractivity contribution in [1.82, 2.24) is 25.2 Å². The standard InChI is InChI=1S/C22H26F2N6O2.HI/c1-4-25-22(29-14-17-11-18(31-3)6-7-19(17)32-21(23)24)28-13-16-5-8-20(27-12-16)30-10-9-26-15(30)2;/h5-12,21H,4,13-14H2,1-3H3,(H2,25,28,29);1H. The number of benzene rings is 1. The SMILES string of the molecule is CCNC(=NCc1ccc(-n2ccnc2C)nc1)NCc1cc(OC)ccc1OC(F)F.I. The van der Waals surface area contributed by atoms with Crippen LogP contribution in [0.4, 0.5) is 8.78 Å². The number of aryl methyl sites for hydroxylation is 1. The van der Waals surface area contributed by atoms with E-state index in [0.29, 0.717) is 30.4 Å². The second kappa shape index (κ2) is 12.9. The van der Waals surface area contributed by atoms with Crippen LogP contribution >= 0.6 is 24.0 Å². The third-order valence-electron chi connectivity index (χ3n) is 4.58. The summed E-state index contributed by atoms with van der Waals surface area (Å²) in [7, 11) is 1.51. The summed E-state index contributed by atoms with van der Waals surface area (Å²) >= 11 is 0. The smallest absolute Gasteiger partial charge is 0.387 e. The van der Waals surface area contributed by atoms with Crippen molar-refractivity contribution >= 4 is 29.9 Å². The molecule has 3 aromatic rings. The van der Waals surface area contributed by atoms with E-state index < -0.39 is 6.61 Å². The molecule has 0 aliphatic rings.